The number of nitrogens with one attached hydrogen (secondary N) is 1. The molecule has 1 saturated heterocycles. The van der Waals surface area contributed by atoms with Crippen LogP contribution >= 0.6 is 0 Å². The second-order valence-corrected chi connectivity index (χ2v) is 7.74. The van der Waals surface area contributed by atoms with Crippen LogP contribution in [0, 0.1) is 0 Å². The van der Waals surface area contributed by atoms with Crippen molar-refractivity contribution < 1.29 is 4.79 Å². The van der Waals surface area contributed by atoms with Crippen molar-refractivity contribution in [3.8, 4) is 0 Å². The van der Waals surface area contributed by atoms with E-state index in [4.69, 9.17) is 0 Å². The molecule has 2 aliphatic rings. The van der Waals surface area contributed by atoms with Gasteiger partial charge in [0.2, 0.25) is 0 Å². The molecule has 138 valence electrons. The van der Waals surface area contributed by atoms with E-state index in [-0.39, 0.29) is 5.91 Å². The second-order valence-electron chi connectivity index (χ2n) is 7.74. The number of hydrogen-bond acceptors (Lipinski definition) is 2. The van der Waals surface area contributed by atoms with Gasteiger partial charge in [0.05, 0.1) is 11.1 Å². The second kappa shape index (κ2) is 6.86. The topological polar surface area (TPSA) is 39.3 Å². The number of aryl methyl sites for hydroxylation is 1. The molecule has 1 aromatic heterocycles. The molecule has 1 unspecified atom stereocenters. The first kappa shape index (κ1) is 16.6. The lowest BCUT2D eigenvalue weighted by molar-refractivity contribution is 0.0554. The zero-order valence-electron chi connectivity index (χ0n) is 15.5. The lowest BCUT2D eigenvalue weighted by atomic mass is 9.87. The van der Waals surface area contributed by atoms with Crippen molar-refractivity contribution in [2.75, 3.05) is 26.2 Å². The van der Waals surface area contributed by atoms with Gasteiger partial charge in [0.25, 0.3) is 5.91 Å². The highest BCUT2D eigenvalue weighted by atomic mass is 16.2. The van der Waals surface area contributed by atoms with E-state index in [1.807, 2.05) is 35.4 Å². The van der Waals surface area contributed by atoms with Crippen LogP contribution in [0.3, 0.4) is 0 Å². The molecule has 27 heavy (non-hydrogen) atoms. The molecule has 1 fully saturated rings. The molecule has 2 heterocycles. The van der Waals surface area contributed by atoms with Crippen LogP contribution < -0.4 is 0 Å². The van der Waals surface area contributed by atoms with Gasteiger partial charge >= 0.3 is 0 Å². The lowest BCUT2D eigenvalue weighted by Crippen LogP contribution is -2.53. The van der Waals surface area contributed by atoms with Crippen molar-refractivity contribution in [3.05, 3.63) is 71.4 Å². The van der Waals surface area contributed by atoms with E-state index in [0.29, 0.717) is 6.04 Å². The van der Waals surface area contributed by atoms with Gasteiger partial charge in [-0.1, -0.05) is 36.4 Å². The van der Waals surface area contributed by atoms with Gasteiger partial charge in [0, 0.05) is 43.8 Å². The minimum Gasteiger partial charge on any atom is -0.361 e. The fraction of sp³-hybridized carbons (Fsp3) is 0.348. The predicted molar refractivity (Wildman–Crippen MR) is 108 cm³/mol. The van der Waals surface area contributed by atoms with Crippen LogP contribution in [0.1, 0.15) is 27.9 Å². The van der Waals surface area contributed by atoms with Crippen molar-refractivity contribution in [2.45, 2.75) is 25.3 Å². The Morgan fingerprint density at radius 2 is 1.74 bits per heavy atom. The molecule has 3 aromatic rings. The molecular weight excluding hydrogens is 334 g/mol. The molecule has 0 saturated carbocycles. The highest BCUT2D eigenvalue weighted by Crippen LogP contribution is 2.26. The molecule has 1 N–H and O–H groups in total. The van der Waals surface area contributed by atoms with Crippen LogP contribution in [-0.4, -0.2) is 52.9 Å². The first-order chi connectivity index (χ1) is 13.3. The van der Waals surface area contributed by atoms with Crippen LogP contribution in [0.2, 0.25) is 0 Å². The minimum absolute atomic E-state index is 0.150. The standard InChI is InChI=1S/C23H25N3O/c27-23(21-7-3-6-18-10-11-24-22(18)21)26-14-12-25(13-15-26)20-9-8-17-4-1-2-5-19(17)16-20/h1-7,10-11,20,24H,8-9,12-16H2. The third kappa shape index (κ3) is 3.04. The highest BCUT2D eigenvalue weighted by molar-refractivity contribution is 6.05. The number of H-pyrrole nitrogens is 1. The molecule has 1 aliphatic heterocycles. The Labute approximate surface area is 159 Å². The molecule has 5 rings (SSSR count). The number of piperazine rings is 1. The number of fused-ring (bicyclic) bond motifs is 2. The van der Waals surface area contributed by atoms with Crippen LogP contribution in [0.4, 0.5) is 0 Å². The maximum atomic E-state index is 13.0. The Balaban J connectivity index is 1.25. The Hall–Kier alpha value is -2.59. The smallest absolute Gasteiger partial charge is 0.256 e. The summed E-state index contributed by atoms with van der Waals surface area (Å²) < 4.78 is 0. The first-order valence-electron chi connectivity index (χ1n) is 9.96. The number of rotatable bonds is 2. The van der Waals surface area contributed by atoms with E-state index in [9.17, 15) is 4.79 Å². The Bertz CT molecular complexity index is 968. The Kier molecular flexibility index (Phi) is 4.21. The molecule has 0 radical (unpaired) electrons. The van der Waals surface area contributed by atoms with E-state index in [2.05, 4.69) is 34.1 Å². The quantitative estimate of drug-likeness (QED) is 0.761. The lowest BCUT2D eigenvalue weighted by Gasteiger charge is -2.41. The number of carbonyl (C=O) groups is 1. The van der Waals surface area contributed by atoms with Gasteiger partial charge in [0.1, 0.15) is 0 Å². The average Bonchev–Trinajstić information content (AvgIpc) is 3.22. The summed E-state index contributed by atoms with van der Waals surface area (Å²) in [5, 5.41) is 1.10. The van der Waals surface area contributed by atoms with Gasteiger partial charge in [-0.25, -0.2) is 0 Å². The number of hydrogen-bond donors (Lipinski definition) is 1. The molecule has 1 atom stereocenters. The maximum Gasteiger partial charge on any atom is 0.256 e. The van der Waals surface area contributed by atoms with Gasteiger partial charge in [-0.15, -0.1) is 0 Å². The van der Waals surface area contributed by atoms with Gasteiger partial charge in [-0.05, 0) is 42.5 Å². The average molecular weight is 359 g/mol. The molecule has 4 heteroatoms. The molecule has 0 spiro atoms. The number of aromatic nitrogens is 1. The van der Waals surface area contributed by atoms with E-state index >= 15 is 0 Å². The molecule has 0 bridgehead atoms. The van der Waals surface area contributed by atoms with Crippen LogP contribution in [0.15, 0.2) is 54.7 Å². The van der Waals surface area contributed by atoms with Gasteiger partial charge in [0.15, 0.2) is 0 Å². The predicted octanol–water partition coefficient (Wildman–Crippen LogP) is 3.48. The number of nitrogens with zero attached hydrogens (tertiary/aromatic N) is 2. The summed E-state index contributed by atoms with van der Waals surface area (Å²) in [6.07, 6.45) is 5.45. The van der Waals surface area contributed by atoms with Crippen molar-refractivity contribution in [1.29, 1.82) is 0 Å². The summed E-state index contributed by atoms with van der Waals surface area (Å²) in [4.78, 5) is 20.9. The first-order valence-corrected chi connectivity index (χ1v) is 9.96. The Morgan fingerprint density at radius 3 is 2.59 bits per heavy atom. The largest absolute Gasteiger partial charge is 0.361 e. The van der Waals surface area contributed by atoms with E-state index < -0.39 is 0 Å². The van der Waals surface area contributed by atoms with Crippen LogP contribution in [0.25, 0.3) is 10.9 Å². The third-order valence-electron chi connectivity index (χ3n) is 6.26. The SMILES string of the molecule is O=C(c1cccc2cc[nH]c12)N1CCN(C2CCc3ccccc3C2)CC1. The summed E-state index contributed by atoms with van der Waals surface area (Å²) in [5.41, 5.74) is 4.76. The summed E-state index contributed by atoms with van der Waals surface area (Å²) in [5.74, 6) is 0.150. The minimum atomic E-state index is 0.150. The van der Waals surface area contributed by atoms with Crippen molar-refractivity contribution in [1.82, 2.24) is 14.8 Å². The van der Waals surface area contributed by atoms with Crippen LogP contribution in [-0.2, 0) is 12.8 Å². The van der Waals surface area contributed by atoms with Crippen molar-refractivity contribution >= 4 is 16.8 Å². The molecule has 1 amide bonds. The third-order valence-corrected chi connectivity index (χ3v) is 6.26. The van der Waals surface area contributed by atoms with E-state index in [1.165, 1.54) is 24.0 Å². The van der Waals surface area contributed by atoms with Crippen molar-refractivity contribution in [2.24, 2.45) is 0 Å². The molecule has 4 nitrogen and oxygen atoms in total. The highest BCUT2D eigenvalue weighted by Gasteiger charge is 2.29. The molecule has 2 aromatic carbocycles. The monoisotopic (exact) mass is 359 g/mol. The normalized spacial score (nSPS) is 20.6. The summed E-state index contributed by atoms with van der Waals surface area (Å²) in [6, 6.07) is 17.4. The molecule has 1 aliphatic carbocycles. The Morgan fingerprint density at radius 1 is 0.926 bits per heavy atom. The summed E-state index contributed by atoms with van der Waals surface area (Å²) in [7, 11) is 0. The fourth-order valence-corrected chi connectivity index (χ4v) is 4.71. The van der Waals surface area contributed by atoms with E-state index in [1.54, 1.807) is 0 Å². The zero-order chi connectivity index (χ0) is 18.2. The van der Waals surface area contributed by atoms with Crippen molar-refractivity contribution in [3.63, 3.8) is 0 Å². The van der Waals surface area contributed by atoms with E-state index in [0.717, 1.165) is 49.1 Å². The number of benzene rings is 2. The number of amides is 1. The zero-order valence-corrected chi connectivity index (χ0v) is 15.5. The van der Waals surface area contributed by atoms with Gasteiger partial charge in [-0.3, -0.25) is 9.69 Å². The summed E-state index contributed by atoms with van der Waals surface area (Å²) >= 11 is 0. The van der Waals surface area contributed by atoms with Crippen LogP contribution in [0.5, 0.6) is 0 Å². The molecular formula is C23H25N3O. The summed E-state index contributed by atoms with van der Waals surface area (Å²) in [6.45, 7) is 3.57. The number of aromatic amines is 1. The maximum absolute atomic E-state index is 13.0. The van der Waals surface area contributed by atoms with Gasteiger partial charge < -0.3 is 9.88 Å². The number of para-hydroxylation sites is 1. The fourth-order valence-electron chi connectivity index (χ4n) is 4.71. The number of carbonyl (C=O) groups excluding carboxylic acids is 1. The van der Waals surface area contributed by atoms with Gasteiger partial charge in [-0.2, -0.15) is 0 Å².